The van der Waals surface area contributed by atoms with Crippen LogP contribution >= 0.6 is 0 Å². The molecule has 1 saturated heterocycles. The third-order valence-corrected chi connectivity index (χ3v) is 6.16. The fraction of sp³-hybridized carbons (Fsp3) is 0.423. The molecule has 0 radical (unpaired) electrons. The highest BCUT2D eigenvalue weighted by Gasteiger charge is 2.52. The second-order valence-corrected chi connectivity index (χ2v) is 9.53. The zero-order chi connectivity index (χ0) is 22.9. The van der Waals surface area contributed by atoms with Gasteiger partial charge in [-0.1, -0.05) is 42.5 Å². The number of esters is 3. The van der Waals surface area contributed by atoms with Crippen LogP contribution in [0.2, 0.25) is 0 Å². The summed E-state index contributed by atoms with van der Waals surface area (Å²) in [6.07, 6.45) is -0.115. The molecule has 4 atom stereocenters. The van der Waals surface area contributed by atoms with E-state index in [1.54, 1.807) is 32.9 Å². The highest BCUT2D eigenvalue weighted by atomic mass is 16.6. The lowest BCUT2D eigenvalue weighted by atomic mass is 9.92. The lowest BCUT2D eigenvalue weighted by Gasteiger charge is -2.25. The van der Waals surface area contributed by atoms with Crippen LogP contribution in [-0.2, 0) is 23.8 Å². The molecule has 2 aliphatic rings. The van der Waals surface area contributed by atoms with Gasteiger partial charge in [-0.25, -0.2) is 4.79 Å². The molecule has 1 aliphatic heterocycles. The van der Waals surface area contributed by atoms with Crippen LogP contribution in [0.5, 0.6) is 0 Å². The van der Waals surface area contributed by atoms with Crippen molar-refractivity contribution in [2.45, 2.75) is 45.8 Å². The molecule has 1 saturated carbocycles. The first-order chi connectivity index (χ1) is 15.2. The van der Waals surface area contributed by atoms with Crippen LogP contribution < -0.4 is 0 Å². The molecular weight excluding hydrogens is 408 g/mol. The number of carbonyl (C=O) groups excluding carboxylic acids is 3. The summed E-state index contributed by atoms with van der Waals surface area (Å²) in [5.74, 6) is -1.41. The number of carbonyl (C=O) groups is 3. The zero-order valence-electron chi connectivity index (χ0n) is 18.6. The van der Waals surface area contributed by atoms with Gasteiger partial charge in [-0.05, 0) is 44.0 Å². The summed E-state index contributed by atoms with van der Waals surface area (Å²) in [4.78, 5) is 36.8. The van der Waals surface area contributed by atoms with Gasteiger partial charge in [-0.15, -0.1) is 0 Å². The normalized spacial score (nSPS) is 24.5. The largest absolute Gasteiger partial charge is 0.465 e. The zero-order valence-corrected chi connectivity index (χ0v) is 18.6. The third-order valence-electron chi connectivity index (χ3n) is 6.16. The van der Waals surface area contributed by atoms with Crippen molar-refractivity contribution in [1.29, 1.82) is 0 Å². The molecule has 1 aliphatic carbocycles. The van der Waals surface area contributed by atoms with E-state index in [1.165, 1.54) is 0 Å². The standard InChI is InChI=1S/C26H28O6/c1-26(2,3)25(29)30-15-20-19-13-23(27)31-21(19)14-22(20)32-24(28)18-11-9-17(10-12-18)16-7-5-4-6-8-16/h4-12,19-22H,13-15H2,1-3H3/t19-,20+,21+,22-/m1/s1. The second kappa shape index (κ2) is 8.77. The third kappa shape index (κ3) is 4.69. The van der Waals surface area contributed by atoms with Crippen LogP contribution in [0.15, 0.2) is 54.6 Å². The van der Waals surface area contributed by atoms with Crippen molar-refractivity contribution in [2.24, 2.45) is 17.3 Å². The molecule has 6 heteroatoms. The fourth-order valence-corrected chi connectivity index (χ4v) is 4.35. The average molecular weight is 437 g/mol. The Morgan fingerprint density at radius 2 is 1.66 bits per heavy atom. The monoisotopic (exact) mass is 436 g/mol. The Morgan fingerprint density at radius 1 is 1.00 bits per heavy atom. The minimum Gasteiger partial charge on any atom is -0.465 e. The van der Waals surface area contributed by atoms with Gasteiger partial charge in [0.1, 0.15) is 12.2 Å². The van der Waals surface area contributed by atoms with Crippen LogP contribution in [-0.4, -0.2) is 36.7 Å². The topological polar surface area (TPSA) is 78.9 Å². The summed E-state index contributed by atoms with van der Waals surface area (Å²) in [6.45, 7) is 5.45. The molecule has 0 amide bonds. The smallest absolute Gasteiger partial charge is 0.338 e. The number of hydrogen-bond acceptors (Lipinski definition) is 6. The summed E-state index contributed by atoms with van der Waals surface area (Å²) in [7, 11) is 0. The van der Waals surface area contributed by atoms with Gasteiger partial charge in [-0.3, -0.25) is 9.59 Å². The minimum absolute atomic E-state index is 0.0960. The number of fused-ring (bicyclic) bond motifs is 1. The first-order valence-electron chi connectivity index (χ1n) is 11.0. The number of hydrogen-bond donors (Lipinski definition) is 0. The van der Waals surface area contributed by atoms with Gasteiger partial charge in [0.15, 0.2) is 0 Å². The number of benzene rings is 2. The Hall–Kier alpha value is -3.15. The Kier molecular flexibility index (Phi) is 6.04. The maximum atomic E-state index is 12.8. The van der Waals surface area contributed by atoms with Crippen molar-refractivity contribution in [1.82, 2.24) is 0 Å². The maximum Gasteiger partial charge on any atom is 0.338 e. The summed E-state index contributed by atoms with van der Waals surface area (Å²) in [5.41, 5.74) is 1.89. The van der Waals surface area contributed by atoms with E-state index >= 15 is 0 Å². The van der Waals surface area contributed by atoms with E-state index in [4.69, 9.17) is 14.2 Å². The molecule has 2 aromatic carbocycles. The van der Waals surface area contributed by atoms with Gasteiger partial charge in [0.2, 0.25) is 0 Å². The fourth-order valence-electron chi connectivity index (χ4n) is 4.35. The quantitative estimate of drug-likeness (QED) is 0.510. The van der Waals surface area contributed by atoms with Gasteiger partial charge in [0.25, 0.3) is 0 Å². The Morgan fingerprint density at radius 3 is 2.31 bits per heavy atom. The molecule has 0 bridgehead atoms. The van der Waals surface area contributed by atoms with Crippen molar-refractivity contribution >= 4 is 17.9 Å². The molecule has 6 nitrogen and oxygen atoms in total. The second-order valence-electron chi connectivity index (χ2n) is 9.53. The molecule has 0 N–H and O–H groups in total. The minimum atomic E-state index is -0.632. The number of rotatable bonds is 5. The summed E-state index contributed by atoms with van der Waals surface area (Å²) < 4.78 is 16.7. The van der Waals surface area contributed by atoms with E-state index in [0.717, 1.165) is 11.1 Å². The molecule has 1 heterocycles. The lowest BCUT2D eigenvalue weighted by molar-refractivity contribution is -0.155. The van der Waals surface area contributed by atoms with Gasteiger partial charge in [0.05, 0.1) is 24.0 Å². The lowest BCUT2D eigenvalue weighted by Crippen LogP contribution is -2.33. The first kappa shape index (κ1) is 22.1. The van der Waals surface area contributed by atoms with E-state index in [1.807, 2.05) is 42.5 Å². The number of ether oxygens (including phenoxy) is 3. The summed E-state index contributed by atoms with van der Waals surface area (Å²) in [5, 5.41) is 0. The van der Waals surface area contributed by atoms with Crippen molar-refractivity contribution in [3.05, 3.63) is 60.2 Å². The van der Waals surface area contributed by atoms with Crippen LogP contribution in [0.4, 0.5) is 0 Å². The van der Waals surface area contributed by atoms with E-state index in [0.29, 0.717) is 12.0 Å². The van der Waals surface area contributed by atoms with Gasteiger partial charge >= 0.3 is 17.9 Å². The van der Waals surface area contributed by atoms with Crippen molar-refractivity contribution < 1.29 is 28.6 Å². The Labute approximate surface area is 187 Å². The maximum absolute atomic E-state index is 12.8. The van der Waals surface area contributed by atoms with Crippen molar-refractivity contribution in [2.75, 3.05) is 6.61 Å². The molecule has 4 rings (SSSR count). The first-order valence-corrected chi connectivity index (χ1v) is 11.0. The predicted molar refractivity (Wildman–Crippen MR) is 118 cm³/mol. The molecule has 0 aromatic heterocycles. The van der Waals surface area contributed by atoms with E-state index in [-0.39, 0.29) is 42.9 Å². The van der Waals surface area contributed by atoms with Crippen LogP contribution in [0.25, 0.3) is 11.1 Å². The average Bonchev–Trinajstić information content (AvgIpc) is 3.27. The van der Waals surface area contributed by atoms with Gasteiger partial charge in [-0.2, -0.15) is 0 Å². The molecule has 0 spiro atoms. The molecule has 0 unspecified atom stereocenters. The Balaban J connectivity index is 1.44. The summed E-state index contributed by atoms with van der Waals surface area (Å²) >= 11 is 0. The highest BCUT2D eigenvalue weighted by molar-refractivity contribution is 5.90. The SMILES string of the molecule is CC(C)(C)C(=O)OC[C@H]1[C@H]2CC(=O)O[C@H]2C[C@H]1OC(=O)c1ccc(-c2ccccc2)cc1. The van der Waals surface area contributed by atoms with Gasteiger partial charge in [0, 0.05) is 18.3 Å². The molecule has 2 fully saturated rings. The van der Waals surface area contributed by atoms with E-state index < -0.39 is 17.5 Å². The van der Waals surface area contributed by atoms with Crippen LogP contribution in [0.1, 0.15) is 44.0 Å². The Bertz CT molecular complexity index is 989. The molecular formula is C26H28O6. The predicted octanol–water partition coefficient (Wildman–Crippen LogP) is 4.42. The van der Waals surface area contributed by atoms with Crippen molar-refractivity contribution in [3.63, 3.8) is 0 Å². The molecule has 2 aromatic rings. The van der Waals surface area contributed by atoms with Gasteiger partial charge < -0.3 is 14.2 Å². The highest BCUT2D eigenvalue weighted by Crippen LogP contribution is 2.43. The van der Waals surface area contributed by atoms with E-state index in [9.17, 15) is 14.4 Å². The van der Waals surface area contributed by atoms with Crippen molar-refractivity contribution in [3.8, 4) is 11.1 Å². The van der Waals surface area contributed by atoms with Crippen LogP contribution in [0.3, 0.4) is 0 Å². The molecule has 32 heavy (non-hydrogen) atoms. The molecule has 168 valence electrons. The summed E-state index contributed by atoms with van der Waals surface area (Å²) in [6, 6.07) is 17.2. The van der Waals surface area contributed by atoms with E-state index in [2.05, 4.69) is 0 Å². The van der Waals surface area contributed by atoms with Crippen LogP contribution in [0, 0.1) is 17.3 Å².